The van der Waals surface area contributed by atoms with Gasteiger partial charge >= 0.3 is 0 Å². The highest BCUT2D eigenvalue weighted by Crippen LogP contribution is 2.14. The van der Waals surface area contributed by atoms with Crippen molar-refractivity contribution in [3.8, 4) is 6.07 Å². The molecule has 1 amide bonds. The van der Waals surface area contributed by atoms with Crippen molar-refractivity contribution < 1.29 is 4.79 Å². The third-order valence-corrected chi connectivity index (χ3v) is 4.07. The molecular formula is C21H20N4O. The Morgan fingerprint density at radius 1 is 1.12 bits per heavy atom. The van der Waals surface area contributed by atoms with Crippen molar-refractivity contribution in [3.05, 3.63) is 83.0 Å². The van der Waals surface area contributed by atoms with Gasteiger partial charge in [0.15, 0.2) is 0 Å². The first-order valence-corrected chi connectivity index (χ1v) is 8.51. The fourth-order valence-electron chi connectivity index (χ4n) is 2.73. The number of aryl methyl sites for hydroxylation is 2. The highest BCUT2D eigenvalue weighted by molar-refractivity contribution is 5.90. The number of carbonyl (C=O) groups excluding carboxylic acids is 1. The standard InChI is InChI=1S/C21H20N4O/c1-16-13-20(25(24-16)15-19-5-3-2-4-6-19)23-21(26)12-11-17-7-9-18(14-22)10-8-17/h2-10,13H,11-12,15H2,1H3,(H,23,26). The average Bonchev–Trinajstić information content (AvgIpc) is 3.00. The van der Waals surface area contributed by atoms with Crippen molar-refractivity contribution in [3.63, 3.8) is 0 Å². The molecule has 0 aliphatic carbocycles. The van der Waals surface area contributed by atoms with Crippen LogP contribution in [0.2, 0.25) is 0 Å². The number of nitriles is 1. The molecule has 3 aromatic rings. The maximum atomic E-state index is 12.3. The molecule has 0 saturated heterocycles. The van der Waals surface area contributed by atoms with E-state index < -0.39 is 0 Å². The number of hydrogen-bond acceptors (Lipinski definition) is 3. The number of nitrogens with zero attached hydrogens (tertiary/aromatic N) is 3. The van der Waals surface area contributed by atoms with Crippen LogP contribution in [0.15, 0.2) is 60.7 Å². The van der Waals surface area contributed by atoms with E-state index in [1.807, 2.05) is 60.1 Å². The summed E-state index contributed by atoms with van der Waals surface area (Å²) in [5.74, 6) is 0.653. The highest BCUT2D eigenvalue weighted by atomic mass is 16.1. The van der Waals surface area contributed by atoms with Gasteiger partial charge in [-0.3, -0.25) is 4.79 Å². The van der Waals surface area contributed by atoms with Crippen molar-refractivity contribution in [2.75, 3.05) is 5.32 Å². The zero-order chi connectivity index (χ0) is 18.4. The Morgan fingerprint density at radius 2 is 1.85 bits per heavy atom. The van der Waals surface area contributed by atoms with Crippen LogP contribution in [0, 0.1) is 18.3 Å². The molecule has 1 N–H and O–H groups in total. The van der Waals surface area contributed by atoms with E-state index in [-0.39, 0.29) is 5.91 Å². The first kappa shape index (κ1) is 17.4. The summed E-state index contributed by atoms with van der Waals surface area (Å²) in [5, 5.41) is 16.2. The van der Waals surface area contributed by atoms with Gasteiger partial charge in [-0.15, -0.1) is 0 Å². The molecule has 0 bridgehead atoms. The smallest absolute Gasteiger partial charge is 0.225 e. The summed E-state index contributed by atoms with van der Waals surface area (Å²) >= 11 is 0. The van der Waals surface area contributed by atoms with Crippen molar-refractivity contribution in [1.29, 1.82) is 5.26 Å². The normalized spacial score (nSPS) is 10.3. The van der Waals surface area contributed by atoms with Crippen LogP contribution in [0.4, 0.5) is 5.82 Å². The van der Waals surface area contributed by atoms with Gasteiger partial charge < -0.3 is 5.32 Å². The molecule has 0 fully saturated rings. The summed E-state index contributed by atoms with van der Waals surface area (Å²) in [6, 6.07) is 21.3. The number of aromatic nitrogens is 2. The van der Waals surface area contributed by atoms with Gasteiger partial charge in [-0.25, -0.2) is 4.68 Å². The number of carbonyl (C=O) groups is 1. The van der Waals surface area contributed by atoms with Crippen LogP contribution in [0.25, 0.3) is 0 Å². The SMILES string of the molecule is Cc1cc(NC(=O)CCc2ccc(C#N)cc2)n(Cc2ccccc2)n1. The van der Waals surface area contributed by atoms with Crippen LogP contribution in [-0.4, -0.2) is 15.7 Å². The lowest BCUT2D eigenvalue weighted by Crippen LogP contribution is -2.16. The number of rotatable bonds is 6. The molecule has 2 aromatic carbocycles. The largest absolute Gasteiger partial charge is 0.311 e. The Bertz CT molecular complexity index is 921. The van der Waals surface area contributed by atoms with Crippen molar-refractivity contribution >= 4 is 11.7 Å². The lowest BCUT2D eigenvalue weighted by Gasteiger charge is -2.09. The molecule has 0 atom stereocenters. The summed E-state index contributed by atoms with van der Waals surface area (Å²) < 4.78 is 1.81. The second-order valence-electron chi connectivity index (χ2n) is 6.17. The van der Waals surface area contributed by atoms with Crippen LogP contribution in [-0.2, 0) is 17.8 Å². The first-order chi connectivity index (χ1) is 12.6. The van der Waals surface area contributed by atoms with Gasteiger partial charge in [0.05, 0.1) is 23.9 Å². The molecular weight excluding hydrogens is 324 g/mol. The first-order valence-electron chi connectivity index (χ1n) is 8.51. The summed E-state index contributed by atoms with van der Waals surface area (Å²) in [6.07, 6.45) is 1.00. The zero-order valence-corrected chi connectivity index (χ0v) is 14.6. The minimum Gasteiger partial charge on any atom is -0.311 e. The molecule has 0 saturated carbocycles. The minimum atomic E-state index is -0.0522. The van der Waals surface area contributed by atoms with E-state index in [1.165, 1.54) is 0 Å². The van der Waals surface area contributed by atoms with Gasteiger partial charge in [-0.05, 0) is 36.6 Å². The topological polar surface area (TPSA) is 70.7 Å². The number of hydrogen-bond donors (Lipinski definition) is 1. The second kappa shape index (κ2) is 8.13. The van der Waals surface area contributed by atoms with Crippen molar-refractivity contribution in [2.45, 2.75) is 26.3 Å². The van der Waals surface area contributed by atoms with Gasteiger partial charge in [0, 0.05) is 12.5 Å². The van der Waals surface area contributed by atoms with Crippen LogP contribution in [0.5, 0.6) is 0 Å². The van der Waals surface area contributed by atoms with Gasteiger partial charge in [0.1, 0.15) is 5.82 Å². The van der Waals surface area contributed by atoms with Crippen LogP contribution >= 0.6 is 0 Å². The van der Waals surface area contributed by atoms with Gasteiger partial charge in [-0.2, -0.15) is 10.4 Å². The molecule has 1 heterocycles. The molecule has 0 unspecified atom stereocenters. The van der Waals surface area contributed by atoms with Crippen LogP contribution in [0.1, 0.15) is 28.8 Å². The number of benzene rings is 2. The monoisotopic (exact) mass is 344 g/mol. The van der Waals surface area contributed by atoms with E-state index in [9.17, 15) is 4.79 Å². The van der Waals surface area contributed by atoms with E-state index in [0.717, 1.165) is 16.8 Å². The Morgan fingerprint density at radius 3 is 2.54 bits per heavy atom. The molecule has 1 aromatic heterocycles. The number of amides is 1. The lowest BCUT2D eigenvalue weighted by molar-refractivity contribution is -0.116. The zero-order valence-electron chi connectivity index (χ0n) is 14.6. The van der Waals surface area contributed by atoms with Crippen LogP contribution in [0.3, 0.4) is 0 Å². The van der Waals surface area contributed by atoms with E-state index in [0.29, 0.717) is 30.8 Å². The molecule has 0 spiro atoms. The fraction of sp³-hybridized carbons (Fsp3) is 0.190. The summed E-state index contributed by atoms with van der Waals surface area (Å²) in [6.45, 7) is 2.52. The third-order valence-electron chi connectivity index (χ3n) is 4.07. The van der Waals surface area contributed by atoms with Crippen molar-refractivity contribution in [1.82, 2.24) is 9.78 Å². The van der Waals surface area contributed by atoms with E-state index in [4.69, 9.17) is 5.26 Å². The fourth-order valence-corrected chi connectivity index (χ4v) is 2.73. The number of anilines is 1. The quantitative estimate of drug-likeness (QED) is 0.741. The van der Waals surface area contributed by atoms with Crippen molar-refractivity contribution in [2.24, 2.45) is 0 Å². The molecule has 0 radical (unpaired) electrons. The molecule has 26 heavy (non-hydrogen) atoms. The summed E-state index contributed by atoms with van der Waals surface area (Å²) in [5.41, 5.74) is 3.65. The van der Waals surface area contributed by atoms with Gasteiger partial charge in [-0.1, -0.05) is 42.5 Å². The summed E-state index contributed by atoms with van der Waals surface area (Å²) in [4.78, 5) is 12.3. The maximum Gasteiger partial charge on any atom is 0.225 e. The van der Waals surface area contributed by atoms with E-state index >= 15 is 0 Å². The molecule has 0 aliphatic rings. The molecule has 0 aliphatic heterocycles. The Hall–Kier alpha value is -3.39. The molecule has 5 heteroatoms. The predicted octanol–water partition coefficient (Wildman–Crippen LogP) is 3.68. The molecule has 130 valence electrons. The second-order valence-corrected chi connectivity index (χ2v) is 6.17. The predicted molar refractivity (Wildman–Crippen MR) is 101 cm³/mol. The third kappa shape index (κ3) is 4.58. The molecule has 3 rings (SSSR count). The average molecular weight is 344 g/mol. The Labute approximate surface area is 152 Å². The Balaban J connectivity index is 1.61. The van der Waals surface area contributed by atoms with Crippen LogP contribution < -0.4 is 5.32 Å². The lowest BCUT2D eigenvalue weighted by atomic mass is 10.1. The van der Waals surface area contributed by atoms with E-state index in [2.05, 4.69) is 16.5 Å². The highest BCUT2D eigenvalue weighted by Gasteiger charge is 2.10. The van der Waals surface area contributed by atoms with Gasteiger partial charge in [0.2, 0.25) is 5.91 Å². The van der Waals surface area contributed by atoms with E-state index in [1.54, 1.807) is 12.1 Å². The summed E-state index contributed by atoms with van der Waals surface area (Å²) in [7, 11) is 0. The molecule has 5 nitrogen and oxygen atoms in total. The maximum absolute atomic E-state index is 12.3. The van der Waals surface area contributed by atoms with Gasteiger partial charge in [0.25, 0.3) is 0 Å². The Kier molecular flexibility index (Phi) is 5.45. The minimum absolute atomic E-state index is 0.0522. The number of nitrogens with one attached hydrogen (secondary N) is 1.